The van der Waals surface area contributed by atoms with Crippen molar-refractivity contribution < 1.29 is 0 Å². The van der Waals surface area contributed by atoms with E-state index in [1.807, 2.05) is 0 Å². The van der Waals surface area contributed by atoms with Gasteiger partial charge in [-0.2, -0.15) is 0 Å². The van der Waals surface area contributed by atoms with Gasteiger partial charge in [0.2, 0.25) is 0 Å². The van der Waals surface area contributed by atoms with Crippen LogP contribution in [-0.4, -0.2) is 19.5 Å². The molecule has 0 saturated heterocycles. The molecule has 0 unspecified atom stereocenters. The molecule has 4 nitrogen and oxygen atoms in total. The molecule has 8 bridgehead atoms. The van der Waals surface area contributed by atoms with E-state index in [1.54, 1.807) is 0 Å². The number of aromatic amines is 1. The van der Waals surface area contributed by atoms with Gasteiger partial charge in [-0.15, -0.1) is 0 Å². The fourth-order valence-electron chi connectivity index (χ4n) is 9.77. The van der Waals surface area contributed by atoms with Gasteiger partial charge in [0, 0.05) is 33.4 Å². The number of hydrogen-bond donors (Lipinski definition) is 1. The van der Waals surface area contributed by atoms with Gasteiger partial charge in [-0.05, 0) is 145 Å². The fourth-order valence-corrected chi connectivity index (χ4v) is 9.77. The van der Waals surface area contributed by atoms with Gasteiger partial charge in [0.05, 0.1) is 33.8 Å². The van der Waals surface area contributed by atoms with Crippen LogP contribution in [0.15, 0.2) is 200 Å². The maximum Gasteiger partial charge on any atom is 0.0737 e. The van der Waals surface area contributed by atoms with E-state index in [2.05, 4.69) is 234 Å². The molecule has 3 aromatic heterocycles. The van der Waals surface area contributed by atoms with Crippen LogP contribution in [0.1, 0.15) is 22.8 Å². The van der Waals surface area contributed by atoms with Crippen molar-refractivity contribution in [3.05, 3.63) is 223 Å². The van der Waals surface area contributed by atoms with Gasteiger partial charge in [-0.3, -0.25) is 0 Å². The Hall–Kier alpha value is -8.60. The zero-order chi connectivity index (χ0) is 42.1. The molecule has 0 spiro atoms. The molecule has 0 radical (unpaired) electrons. The van der Waals surface area contributed by atoms with Crippen molar-refractivity contribution in [2.24, 2.45) is 0 Å². The van der Waals surface area contributed by atoms with Crippen molar-refractivity contribution in [3.8, 4) is 39.1 Å². The summed E-state index contributed by atoms with van der Waals surface area (Å²) in [5, 5.41) is 9.45. The normalized spacial score (nSPS) is 12.2. The standard InChI is InChI=1S/C60H38N4/c1-5-13-42-31-46(20-17-38(42)9-1)57-55-30-28-52(63-55)36-51-25-24-49(61-51)35-50-26-27-53(62-50)37-56-58(47-21-18-39-10-2-6-14-43(39)32-47)59(48-22-19-40-11-3-7-15-44(40)33-48)60(57)64(56)54-29-23-41-12-4-8-16-45(41)34-54/h1-37,61H. The predicted octanol–water partition coefficient (Wildman–Crippen LogP) is 15.7. The number of benzene rings is 8. The molecule has 2 aliphatic heterocycles. The average Bonchev–Trinajstić information content (AvgIpc) is 4.16. The SMILES string of the molecule is C1=Cc2cc3c(-c4ccc5ccccc5c4)c(-c4ccc5ccccc5c4)c(c(-c4ccc5ccccc5c4)c4nc(cc5ccc(cc1n2)[nH]5)C=C4)n3-c1ccc2ccccc2c1. The van der Waals surface area contributed by atoms with Gasteiger partial charge in [0.25, 0.3) is 0 Å². The maximum atomic E-state index is 5.51. The number of nitrogens with zero attached hydrogens (tertiary/aromatic N) is 3. The summed E-state index contributed by atoms with van der Waals surface area (Å²) in [6, 6.07) is 72.8. The fraction of sp³-hybridized carbons (Fsp3) is 0. The van der Waals surface area contributed by atoms with E-state index < -0.39 is 0 Å². The second-order valence-electron chi connectivity index (χ2n) is 16.8. The van der Waals surface area contributed by atoms with E-state index in [-0.39, 0.29) is 0 Å². The highest BCUT2D eigenvalue weighted by Crippen LogP contribution is 2.48. The highest BCUT2D eigenvalue weighted by molar-refractivity contribution is 6.13. The van der Waals surface area contributed by atoms with Gasteiger partial charge < -0.3 is 9.55 Å². The zero-order valence-electron chi connectivity index (χ0n) is 34.7. The molecule has 0 amide bonds. The topological polar surface area (TPSA) is 46.5 Å². The minimum absolute atomic E-state index is 0.871. The van der Waals surface area contributed by atoms with Crippen LogP contribution in [0, 0.1) is 0 Å². The first kappa shape index (κ1) is 36.1. The van der Waals surface area contributed by atoms with Crippen LogP contribution >= 0.6 is 0 Å². The quantitative estimate of drug-likeness (QED) is 0.192. The summed E-state index contributed by atoms with van der Waals surface area (Å²) in [5.41, 5.74) is 15.2. The Morgan fingerprint density at radius 1 is 0.328 bits per heavy atom. The lowest BCUT2D eigenvalue weighted by Crippen LogP contribution is -1.98. The molecule has 64 heavy (non-hydrogen) atoms. The summed E-state index contributed by atoms with van der Waals surface area (Å²) in [4.78, 5) is 14.4. The number of fused-ring (bicyclic) bond motifs is 12. The van der Waals surface area contributed by atoms with Gasteiger partial charge in [-0.25, -0.2) is 9.97 Å². The highest BCUT2D eigenvalue weighted by Gasteiger charge is 2.26. The summed E-state index contributed by atoms with van der Waals surface area (Å²) >= 11 is 0. The molecule has 2 aliphatic rings. The molecule has 5 heterocycles. The Morgan fingerprint density at radius 2 is 0.766 bits per heavy atom. The van der Waals surface area contributed by atoms with Crippen molar-refractivity contribution in [2.75, 3.05) is 0 Å². The average molecular weight is 815 g/mol. The predicted molar refractivity (Wildman–Crippen MR) is 270 cm³/mol. The van der Waals surface area contributed by atoms with Gasteiger partial charge in [-0.1, -0.05) is 140 Å². The monoisotopic (exact) mass is 814 g/mol. The smallest absolute Gasteiger partial charge is 0.0737 e. The Bertz CT molecular complexity index is 3970. The molecule has 1 N–H and O–H groups in total. The minimum Gasteiger partial charge on any atom is -0.355 e. The molecule has 298 valence electrons. The van der Waals surface area contributed by atoms with E-state index in [1.165, 1.54) is 37.7 Å². The Labute approximate surface area is 369 Å². The number of H-pyrrole nitrogens is 1. The van der Waals surface area contributed by atoms with Gasteiger partial charge in [0.1, 0.15) is 0 Å². The largest absolute Gasteiger partial charge is 0.355 e. The molecule has 13 rings (SSSR count). The van der Waals surface area contributed by atoms with Crippen LogP contribution in [0.2, 0.25) is 0 Å². The molecule has 0 atom stereocenters. The molecule has 0 fully saturated rings. The lowest BCUT2D eigenvalue weighted by atomic mass is 9.91. The van der Waals surface area contributed by atoms with E-state index in [0.29, 0.717) is 0 Å². The Kier molecular flexibility index (Phi) is 8.18. The summed E-state index contributed by atoms with van der Waals surface area (Å²) in [6.07, 6.45) is 8.57. The zero-order valence-corrected chi connectivity index (χ0v) is 34.7. The molecule has 11 aromatic rings. The van der Waals surface area contributed by atoms with Crippen molar-refractivity contribution >= 4 is 89.5 Å². The molecular formula is C60H38N4. The lowest BCUT2D eigenvalue weighted by Gasteiger charge is -2.15. The van der Waals surface area contributed by atoms with Crippen LogP contribution in [0.5, 0.6) is 0 Å². The van der Waals surface area contributed by atoms with E-state index in [0.717, 1.165) is 89.3 Å². The molecule has 4 heteroatoms. The third-order valence-electron chi connectivity index (χ3n) is 12.8. The second kappa shape index (κ2) is 14.5. The van der Waals surface area contributed by atoms with E-state index >= 15 is 0 Å². The number of aromatic nitrogens is 4. The third-order valence-corrected chi connectivity index (χ3v) is 12.8. The van der Waals surface area contributed by atoms with Crippen molar-refractivity contribution in [1.82, 2.24) is 19.5 Å². The number of nitrogens with one attached hydrogen (secondary N) is 1. The first-order valence-corrected chi connectivity index (χ1v) is 21.8. The molecule has 0 saturated carbocycles. The van der Waals surface area contributed by atoms with Crippen LogP contribution in [0.25, 0.3) is 129 Å². The van der Waals surface area contributed by atoms with Crippen molar-refractivity contribution in [2.45, 2.75) is 0 Å². The maximum absolute atomic E-state index is 5.51. The summed E-state index contributed by atoms with van der Waals surface area (Å²) in [5.74, 6) is 0. The van der Waals surface area contributed by atoms with Crippen molar-refractivity contribution in [1.29, 1.82) is 0 Å². The highest BCUT2D eigenvalue weighted by atomic mass is 15.0. The van der Waals surface area contributed by atoms with Crippen LogP contribution in [0.3, 0.4) is 0 Å². The summed E-state index contributed by atoms with van der Waals surface area (Å²) in [7, 11) is 0. The first-order chi connectivity index (χ1) is 31.6. The third kappa shape index (κ3) is 6.15. The van der Waals surface area contributed by atoms with Crippen LogP contribution in [0.4, 0.5) is 0 Å². The molecule has 8 aromatic carbocycles. The Balaban J connectivity index is 1.32. The van der Waals surface area contributed by atoms with Gasteiger partial charge >= 0.3 is 0 Å². The lowest BCUT2D eigenvalue weighted by molar-refractivity contribution is 1.18. The number of hydrogen-bond acceptors (Lipinski definition) is 2. The minimum atomic E-state index is 0.871. The first-order valence-electron chi connectivity index (χ1n) is 21.8. The summed E-state index contributed by atoms with van der Waals surface area (Å²) in [6.45, 7) is 0. The van der Waals surface area contributed by atoms with Gasteiger partial charge in [0.15, 0.2) is 0 Å². The second-order valence-corrected chi connectivity index (χ2v) is 16.8. The van der Waals surface area contributed by atoms with Crippen LogP contribution < -0.4 is 0 Å². The Morgan fingerprint density at radius 3 is 1.33 bits per heavy atom. The van der Waals surface area contributed by atoms with E-state index in [9.17, 15) is 0 Å². The van der Waals surface area contributed by atoms with Crippen LogP contribution in [-0.2, 0) is 0 Å². The summed E-state index contributed by atoms with van der Waals surface area (Å²) < 4.78 is 2.49. The van der Waals surface area contributed by atoms with E-state index in [4.69, 9.17) is 9.97 Å². The molecule has 0 aliphatic carbocycles. The molecular weight excluding hydrogens is 777 g/mol. The van der Waals surface area contributed by atoms with Crippen molar-refractivity contribution in [3.63, 3.8) is 0 Å². The number of rotatable bonds is 4.